The quantitative estimate of drug-likeness (QED) is 0.367. The first-order valence-corrected chi connectivity index (χ1v) is 14.6. The molecule has 0 atom stereocenters. The van der Waals surface area contributed by atoms with E-state index in [9.17, 15) is 0 Å². The van der Waals surface area contributed by atoms with Gasteiger partial charge in [0, 0.05) is 76.2 Å². The summed E-state index contributed by atoms with van der Waals surface area (Å²) < 4.78 is 6.19. The molecule has 218 valence electrons. The van der Waals surface area contributed by atoms with Gasteiger partial charge in [0.2, 0.25) is 0 Å². The average molecular weight is 557 g/mol. The molecule has 0 amide bonds. The number of nitrogens with zero attached hydrogens (tertiary/aromatic N) is 6. The van der Waals surface area contributed by atoms with Gasteiger partial charge in [0.15, 0.2) is 0 Å². The van der Waals surface area contributed by atoms with Crippen LogP contribution in [0, 0.1) is 0 Å². The molecule has 4 N–H and O–H groups in total. The molecule has 9 heteroatoms. The van der Waals surface area contributed by atoms with Gasteiger partial charge in [0.25, 0.3) is 0 Å². The molecule has 1 aliphatic rings. The van der Waals surface area contributed by atoms with E-state index in [4.69, 9.17) is 26.2 Å². The third kappa shape index (κ3) is 8.12. The molecular formula is C32H44N8O. The number of pyridine rings is 2. The van der Waals surface area contributed by atoms with E-state index >= 15 is 0 Å². The molecule has 9 nitrogen and oxygen atoms in total. The minimum Gasteiger partial charge on any atom is -0.397 e. The highest BCUT2D eigenvalue weighted by Crippen LogP contribution is 2.21. The van der Waals surface area contributed by atoms with Gasteiger partial charge in [-0.3, -0.25) is 9.80 Å². The Bertz CT molecular complexity index is 1320. The predicted octanol–water partition coefficient (Wildman–Crippen LogP) is 3.15. The van der Waals surface area contributed by atoms with E-state index in [1.165, 1.54) is 0 Å². The van der Waals surface area contributed by atoms with E-state index < -0.39 is 0 Å². The third-order valence-corrected chi connectivity index (χ3v) is 7.95. The number of aromatic nitrogens is 2. The van der Waals surface area contributed by atoms with E-state index in [0.29, 0.717) is 13.2 Å². The zero-order valence-electron chi connectivity index (χ0n) is 24.5. The standard InChI is InChI=1S/C32H44N8O/c1-37-13-14-38(2)16-18-40(24-28-12-10-26-6-4-8-30(34)32(26)36-28)20-22-41-21-19-39(17-15-37)23-27-11-9-25-5-3-7-29(33)31(25)35-27/h3-12H,13-24,33-34H2,1-2H3. The van der Waals surface area contributed by atoms with Gasteiger partial charge in [-0.2, -0.15) is 0 Å². The third-order valence-electron chi connectivity index (χ3n) is 7.95. The van der Waals surface area contributed by atoms with Crippen LogP contribution in [0.15, 0.2) is 60.7 Å². The molecule has 1 fully saturated rings. The summed E-state index contributed by atoms with van der Waals surface area (Å²) in [6.45, 7) is 10.5. The number of fused-ring (bicyclic) bond motifs is 2. The highest BCUT2D eigenvalue weighted by Gasteiger charge is 2.14. The number of hydrogen-bond donors (Lipinski definition) is 2. The van der Waals surface area contributed by atoms with E-state index in [1.54, 1.807) is 0 Å². The Balaban J connectivity index is 1.23. The van der Waals surface area contributed by atoms with Crippen molar-refractivity contribution in [1.82, 2.24) is 29.6 Å². The van der Waals surface area contributed by atoms with Crippen LogP contribution in [-0.4, -0.2) is 109 Å². The maximum Gasteiger partial charge on any atom is 0.0935 e. The van der Waals surface area contributed by atoms with Gasteiger partial charge in [0.05, 0.1) is 47.0 Å². The summed E-state index contributed by atoms with van der Waals surface area (Å²) >= 11 is 0. The molecule has 1 aliphatic heterocycles. The first kappa shape index (κ1) is 29.2. The van der Waals surface area contributed by atoms with Gasteiger partial charge in [-0.05, 0) is 38.4 Å². The second kappa shape index (κ2) is 14.0. The second-order valence-corrected chi connectivity index (χ2v) is 11.2. The van der Waals surface area contributed by atoms with Crippen LogP contribution in [0.3, 0.4) is 0 Å². The van der Waals surface area contributed by atoms with E-state index in [2.05, 4.69) is 70.1 Å². The Morgan fingerprint density at radius 1 is 0.585 bits per heavy atom. The lowest BCUT2D eigenvalue weighted by atomic mass is 10.1. The van der Waals surface area contributed by atoms with Crippen LogP contribution in [-0.2, 0) is 17.8 Å². The average Bonchev–Trinajstić information content (AvgIpc) is 2.98. The fraction of sp³-hybridized carbons (Fsp3) is 0.438. The number of nitrogens with two attached hydrogens (primary N) is 2. The number of likely N-dealkylation sites (N-methyl/N-ethyl adjacent to an activating group) is 2. The van der Waals surface area contributed by atoms with Crippen LogP contribution < -0.4 is 11.5 Å². The van der Waals surface area contributed by atoms with Crippen molar-refractivity contribution in [2.75, 3.05) is 91.1 Å². The summed E-state index contributed by atoms with van der Waals surface area (Å²) in [5.41, 5.74) is 17.7. The number of hydrogen-bond acceptors (Lipinski definition) is 9. The summed E-state index contributed by atoms with van der Waals surface area (Å²) in [7, 11) is 4.41. The SMILES string of the molecule is CN1CCN(C)CCN(Cc2ccc3cccc(N)c3n2)CCOCCN(Cc2ccc3cccc(N)c3n2)CC1. The molecule has 0 aliphatic carbocycles. The molecule has 4 aromatic rings. The maximum atomic E-state index is 6.21. The Morgan fingerprint density at radius 3 is 1.49 bits per heavy atom. The lowest BCUT2D eigenvalue weighted by Crippen LogP contribution is -2.39. The molecule has 2 aromatic heterocycles. The lowest BCUT2D eigenvalue weighted by molar-refractivity contribution is 0.0766. The Morgan fingerprint density at radius 2 is 1.02 bits per heavy atom. The van der Waals surface area contributed by atoms with Gasteiger partial charge in [-0.15, -0.1) is 0 Å². The Hall–Kier alpha value is -3.34. The summed E-state index contributed by atoms with van der Waals surface area (Å²) in [6.07, 6.45) is 0. The normalized spacial score (nSPS) is 18.4. The van der Waals surface area contributed by atoms with Crippen molar-refractivity contribution in [2.24, 2.45) is 0 Å². The zero-order valence-corrected chi connectivity index (χ0v) is 24.5. The highest BCUT2D eigenvalue weighted by atomic mass is 16.5. The summed E-state index contributed by atoms with van der Waals surface area (Å²) in [5.74, 6) is 0. The number of benzene rings is 2. The van der Waals surface area contributed by atoms with Crippen LogP contribution in [0.25, 0.3) is 21.8 Å². The van der Waals surface area contributed by atoms with E-state index in [1.807, 2.05) is 24.3 Å². The van der Waals surface area contributed by atoms with Crippen molar-refractivity contribution < 1.29 is 4.74 Å². The number of para-hydroxylation sites is 2. The van der Waals surface area contributed by atoms with Gasteiger partial charge in [-0.25, -0.2) is 9.97 Å². The van der Waals surface area contributed by atoms with Crippen LogP contribution in [0.1, 0.15) is 11.4 Å². The molecule has 0 bridgehead atoms. The van der Waals surface area contributed by atoms with E-state index in [0.717, 1.165) is 110 Å². The van der Waals surface area contributed by atoms with Crippen molar-refractivity contribution in [2.45, 2.75) is 13.1 Å². The molecule has 0 saturated carbocycles. The van der Waals surface area contributed by atoms with Crippen molar-refractivity contribution in [3.63, 3.8) is 0 Å². The minimum atomic E-state index is 0.679. The van der Waals surface area contributed by atoms with Gasteiger partial charge in [-0.1, -0.05) is 36.4 Å². The summed E-state index contributed by atoms with van der Waals surface area (Å²) in [6, 6.07) is 20.4. The molecule has 0 radical (unpaired) electrons. The fourth-order valence-corrected chi connectivity index (χ4v) is 5.27. The predicted molar refractivity (Wildman–Crippen MR) is 169 cm³/mol. The first-order valence-electron chi connectivity index (χ1n) is 14.6. The molecule has 2 aromatic carbocycles. The number of ether oxygens (including phenoxy) is 1. The van der Waals surface area contributed by atoms with Crippen molar-refractivity contribution in [3.8, 4) is 0 Å². The molecule has 0 unspecified atom stereocenters. The van der Waals surface area contributed by atoms with Crippen LogP contribution in [0.2, 0.25) is 0 Å². The van der Waals surface area contributed by atoms with Gasteiger partial charge < -0.3 is 26.0 Å². The first-order chi connectivity index (χ1) is 19.9. The Kier molecular flexibility index (Phi) is 9.97. The summed E-state index contributed by atoms with van der Waals surface area (Å²) in [4.78, 5) is 19.5. The fourth-order valence-electron chi connectivity index (χ4n) is 5.27. The number of anilines is 2. The van der Waals surface area contributed by atoms with Gasteiger partial charge >= 0.3 is 0 Å². The molecular weight excluding hydrogens is 512 g/mol. The number of nitrogen functional groups attached to an aromatic ring is 2. The topological polar surface area (TPSA) is 100 Å². The molecule has 5 rings (SSSR count). The van der Waals surface area contributed by atoms with Crippen LogP contribution in [0.4, 0.5) is 11.4 Å². The maximum absolute atomic E-state index is 6.21. The minimum absolute atomic E-state index is 0.679. The van der Waals surface area contributed by atoms with Crippen LogP contribution in [0.5, 0.6) is 0 Å². The largest absolute Gasteiger partial charge is 0.397 e. The second-order valence-electron chi connectivity index (χ2n) is 11.2. The molecule has 0 spiro atoms. The summed E-state index contributed by atoms with van der Waals surface area (Å²) in [5, 5.41) is 2.15. The molecule has 3 heterocycles. The van der Waals surface area contributed by atoms with Crippen LogP contribution >= 0.6 is 0 Å². The van der Waals surface area contributed by atoms with Gasteiger partial charge in [0.1, 0.15) is 0 Å². The van der Waals surface area contributed by atoms with Crippen molar-refractivity contribution >= 4 is 33.2 Å². The zero-order chi connectivity index (χ0) is 28.6. The lowest BCUT2D eigenvalue weighted by Gasteiger charge is -2.27. The Labute approximate surface area is 243 Å². The van der Waals surface area contributed by atoms with Crippen molar-refractivity contribution in [1.29, 1.82) is 0 Å². The highest BCUT2D eigenvalue weighted by molar-refractivity contribution is 5.89. The van der Waals surface area contributed by atoms with Crippen molar-refractivity contribution in [3.05, 3.63) is 72.1 Å². The number of rotatable bonds is 4. The van der Waals surface area contributed by atoms with E-state index in [-0.39, 0.29) is 0 Å². The smallest absolute Gasteiger partial charge is 0.0935 e. The molecule has 1 saturated heterocycles. The monoisotopic (exact) mass is 556 g/mol. The molecule has 41 heavy (non-hydrogen) atoms.